The summed E-state index contributed by atoms with van der Waals surface area (Å²) in [6, 6.07) is 16.6. The summed E-state index contributed by atoms with van der Waals surface area (Å²) in [6.07, 6.45) is 1.92. The zero-order valence-electron chi connectivity index (χ0n) is 18.4. The number of aryl methyl sites for hydroxylation is 2. The Hall–Kier alpha value is -3.38. The lowest BCUT2D eigenvalue weighted by Gasteiger charge is -2.33. The Morgan fingerprint density at radius 3 is 2.31 bits per heavy atom. The second-order valence-corrected chi connectivity index (χ2v) is 8.48. The summed E-state index contributed by atoms with van der Waals surface area (Å²) < 4.78 is 1.88. The minimum atomic E-state index is -1.02. The van der Waals surface area contributed by atoms with Crippen molar-refractivity contribution >= 4 is 11.9 Å². The number of aromatic carboxylic acids is 1. The molecule has 4 rings (SSSR count). The van der Waals surface area contributed by atoms with Gasteiger partial charge in [0.2, 0.25) is 0 Å². The highest BCUT2D eigenvalue weighted by atomic mass is 16.4. The van der Waals surface area contributed by atoms with Crippen LogP contribution in [0, 0.1) is 13.8 Å². The molecule has 1 amide bonds. The van der Waals surface area contributed by atoms with Gasteiger partial charge in [-0.25, -0.2) is 4.79 Å². The minimum absolute atomic E-state index is 0.0184. The monoisotopic (exact) mass is 432 g/mol. The Labute approximate surface area is 187 Å². The van der Waals surface area contributed by atoms with Gasteiger partial charge in [0, 0.05) is 36.0 Å². The Kier molecular flexibility index (Phi) is 6.15. The lowest BCUT2D eigenvalue weighted by molar-refractivity contribution is 0.0687. The molecular weight excluding hydrogens is 404 g/mol. The molecule has 1 aliphatic heterocycles. The van der Waals surface area contributed by atoms with Crippen LogP contribution in [0.3, 0.4) is 0 Å². The van der Waals surface area contributed by atoms with Gasteiger partial charge in [0.1, 0.15) is 0 Å². The van der Waals surface area contributed by atoms with Gasteiger partial charge in [-0.15, -0.1) is 0 Å². The first-order chi connectivity index (χ1) is 15.4. The highest BCUT2D eigenvalue weighted by molar-refractivity contribution is 5.98. The van der Waals surface area contributed by atoms with E-state index < -0.39 is 5.97 Å². The number of carboxylic acid groups (broad SMARTS) is 1. The summed E-state index contributed by atoms with van der Waals surface area (Å²) in [7, 11) is 0. The average Bonchev–Trinajstić information content (AvgIpc) is 3.15. The lowest BCUT2D eigenvalue weighted by atomic mass is 9.90. The summed E-state index contributed by atoms with van der Waals surface area (Å²) in [5, 5.41) is 19.0. The number of nitrogens with zero attached hydrogens (tertiary/aromatic N) is 2. The van der Waals surface area contributed by atoms with E-state index in [1.54, 1.807) is 12.1 Å². The van der Waals surface area contributed by atoms with E-state index >= 15 is 0 Å². The zero-order chi connectivity index (χ0) is 22.8. The van der Waals surface area contributed by atoms with Crippen LogP contribution in [0.25, 0.3) is 5.69 Å². The summed E-state index contributed by atoms with van der Waals surface area (Å²) in [5.74, 6) is -0.856. The van der Waals surface area contributed by atoms with Gasteiger partial charge >= 0.3 is 5.97 Å². The number of aromatic nitrogens is 1. The minimum Gasteiger partial charge on any atom is -0.478 e. The number of benzene rings is 2. The summed E-state index contributed by atoms with van der Waals surface area (Å²) in [5.41, 5.74) is 5.05. The number of hydrogen-bond donors (Lipinski definition) is 2. The molecule has 1 aliphatic rings. The molecule has 0 radical (unpaired) electrons. The molecule has 0 saturated carbocycles. The molecule has 1 aromatic heterocycles. The number of likely N-dealkylation sites (tertiary alicyclic amines) is 1. The van der Waals surface area contributed by atoms with Crippen LogP contribution in [0.5, 0.6) is 0 Å². The van der Waals surface area contributed by atoms with Crippen molar-refractivity contribution in [1.82, 2.24) is 9.47 Å². The number of aliphatic hydroxyl groups is 1. The van der Waals surface area contributed by atoms with Crippen molar-refractivity contribution in [3.05, 3.63) is 88.2 Å². The fourth-order valence-electron chi connectivity index (χ4n) is 4.59. The number of aliphatic hydroxyl groups excluding tert-OH is 1. The predicted molar refractivity (Wildman–Crippen MR) is 122 cm³/mol. The molecule has 1 unspecified atom stereocenters. The molecule has 0 spiro atoms. The van der Waals surface area contributed by atoms with E-state index in [0.29, 0.717) is 24.3 Å². The summed E-state index contributed by atoms with van der Waals surface area (Å²) >= 11 is 0. The van der Waals surface area contributed by atoms with E-state index in [2.05, 4.69) is 0 Å². The van der Waals surface area contributed by atoms with E-state index in [9.17, 15) is 19.8 Å². The Morgan fingerprint density at radius 2 is 1.69 bits per heavy atom. The van der Waals surface area contributed by atoms with Crippen LogP contribution in [0.2, 0.25) is 0 Å². The van der Waals surface area contributed by atoms with Gasteiger partial charge in [0.25, 0.3) is 5.91 Å². The number of piperidine rings is 1. The Bertz CT molecular complexity index is 1130. The molecule has 2 aromatic carbocycles. The van der Waals surface area contributed by atoms with Crippen LogP contribution in [-0.4, -0.2) is 44.6 Å². The van der Waals surface area contributed by atoms with Crippen LogP contribution in [0.4, 0.5) is 0 Å². The van der Waals surface area contributed by atoms with Gasteiger partial charge in [0.05, 0.1) is 17.9 Å². The molecule has 1 saturated heterocycles. The Balaban J connectivity index is 1.62. The van der Waals surface area contributed by atoms with Crippen LogP contribution < -0.4 is 0 Å². The second kappa shape index (κ2) is 9.01. The third-order valence-corrected chi connectivity index (χ3v) is 6.33. The van der Waals surface area contributed by atoms with Gasteiger partial charge in [0.15, 0.2) is 0 Å². The van der Waals surface area contributed by atoms with Crippen LogP contribution in [0.1, 0.15) is 62.0 Å². The molecule has 2 heterocycles. The third kappa shape index (κ3) is 4.18. The first-order valence-corrected chi connectivity index (χ1v) is 10.9. The molecule has 1 atom stereocenters. The molecule has 1 fully saturated rings. The number of rotatable bonds is 5. The van der Waals surface area contributed by atoms with Crippen molar-refractivity contribution in [2.24, 2.45) is 0 Å². The van der Waals surface area contributed by atoms with E-state index in [1.165, 1.54) is 11.6 Å². The van der Waals surface area contributed by atoms with Gasteiger partial charge in [-0.1, -0.05) is 24.3 Å². The van der Waals surface area contributed by atoms with Crippen LogP contribution in [0.15, 0.2) is 54.6 Å². The molecule has 3 aromatic rings. The lowest BCUT2D eigenvalue weighted by Crippen LogP contribution is -2.39. The van der Waals surface area contributed by atoms with Crippen LogP contribution >= 0.6 is 0 Å². The molecule has 6 nitrogen and oxygen atoms in total. The molecule has 32 heavy (non-hydrogen) atoms. The van der Waals surface area contributed by atoms with Gasteiger partial charge in [-0.05, 0) is 68.1 Å². The average molecular weight is 433 g/mol. The molecular formula is C26H28N2O4. The molecule has 0 aliphatic carbocycles. The van der Waals surface area contributed by atoms with Crippen molar-refractivity contribution < 1.29 is 19.8 Å². The first kappa shape index (κ1) is 21.8. The maximum absolute atomic E-state index is 13.4. The van der Waals surface area contributed by atoms with Crippen molar-refractivity contribution in [3.63, 3.8) is 0 Å². The van der Waals surface area contributed by atoms with E-state index in [1.807, 2.05) is 59.7 Å². The number of hydrogen-bond acceptors (Lipinski definition) is 3. The molecule has 166 valence electrons. The van der Waals surface area contributed by atoms with Crippen LogP contribution in [-0.2, 0) is 6.61 Å². The fraction of sp³-hybridized carbons (Fsp3) is 0.308. The summed E-state index contributed by atoms with van der Waals surface area (Å²) in [6.45, 7) is 5.16. The maximum atomic E-state index is 13.4. The zero-order valence-corrected chi connectivity index (χ0v) is 18.4. The predicted octanol–water partition coefficient (Wildman–Crippen LogP) is 4.30. The highest BCUT2D eigenvalue weighted by Gasteiger charge is 2.26. The second-order valence-electron chi connectivity index (χ2n) is 8.48. The third-order valence-electron chi connectivity index (χ3n) is 6.33. The van der Waals surface area contributed by atoms with Gasteiger partial charge in [-0.3, -0.25) is 4.79 Å². The smallest absolute Gasteiger partial charge is 0.337 e. The van der Waals surface area contributed by atoms with E-state index in [4.69, 9.17) is 0 Å². The number of carbonyl (C=O) groups excluding carboxylic acids is 1. The van der Waals surface area contributed by atoms with Crippen molar-refractivity contribution in [2.45, 2.75) is 39.2 Å². The largest absolute Gasteiger partial charge is 0.478 e. The Morgan fingerprint density at radius 1 is 1.00 bits per heavy atom. The standard InChI is InChI=1S/C26H28N2O4/c1-17-5-6-18(2)28(17)24-14-21(11-12-23(24)26(31)32)25(30)27-13-3-4-22(15-27)20-9-7-19(16-29)8-10-20/h5-12,14,22,29H,3-4,13,15-16H2,1-2H3,(H,31,32). The van der Waals surface area contributed by atoms with E-state index in [0.717, 1.165) is 29.8 Å². The SMILES string of the molecule is Cc1ccc(C)n1-c1cc(C(=O)N2CCCC(c3ccc(CO)cc3)C2)ccc1C(=O)O. The van der Waals surface area contributed by atoms with Crippen molar-refractivity contribution in [3.8, 4) is 5.69 Å². The number of carboxylic acids is 1. The maximum Gasteiger partial charge on any atom is 0.337 e. The fourth-order valence-corrected chi connectivity index (χ4v) is 4.59. The number of carbonyl (C=O) groups is 2. The summed E-state index contributed by atoms with van der Waals surface area (Å²) in [4.78, 5) is 27.1. The number of amides is 1. The molecule has 6 heteroatoms. The highest BCUT2D eigenvalue weighted by Crippen LogP contribution is 2.29. The van der Waals surface area contributed by atoms with Crippen molar-refractivity contribution in [2.75, 3.05) is 13.1 Å². The van der Waals surface area contributed by atoms with Gasteiger partial charge < -0.3 is 19.7 Å². The van der Waals surface area contributed by atoms with E-state index in [-0.39, 0.29) is 24.0 Å². The molecule has 0 bridgehead atoms. The molecule has 2 N–H and O–H groups in total. The first-order valence-electron chi connectivity index (χ1n) is 10.9. The quantitative estimate of drug-likeness (QED) is 0.630. The normalized spacial score (nSPS) is 16.2. The topological polar surface area (TPSA) is 82.8 Å². The van der Waals surface area contributed by atoms with Gasteiger partial charge in [-0.2, -0.15) is 0 Å². The van der Waals surface area contributed by atoms with Crippen molar-refractivity contribution in [1.29, 1.82) is 0 Å².